The van der Waals surface area contributed by atoms with Crippen molar-refractivity contribution in [1.82, 2.24) is 5.43 Å². The highest BCUT2D eigenvalue weighted by molar-refractivity contribution is 5.88. The molecule has 0 saturated heterocycles. The molecule has 1 rings (SSSR count). The molecule has 1 unspecified atom stereocenters. The van der Waals surface area contributed by atoms with Gasteiger partial charge in [-0.1, -0.05) is 11.6 Å². The van der Waals surface area contributed by atoms with E-state index in [4.69, 9.17) is 5.73 Å². The van der Waals surface area contributed by atoms with E-state index >= 15 is 0 Å². The molecule has 0 aliphatic heterocycles. The number of carbonyl (C=O) groups excluding carboxylic acids is 1. The molecular formula is C10H17N3O. The molecule has 0 spiro atoms. The Balaban J connectivity index is 2.63. The van der Waals surface area contributed by atoms with E-state index in [1.54, 1.807) is 0 Å². The minimum atomic E-state index is -0.609. The first-order chi connectivity index (χ1) is 6.61. The number of amides is 2. The van der Waals surface area contributed by atoms with Crippen molar-refractivity contribution < 1.29 is 4.79 Å². The van der Waals surface area contributed by atoms with Crippen molar-refractivity contribution in [3.05, 3.63) is 11.6 Å². The Kier molecular flexibility index (Phi) is 3.68. The smallest absolute Gasteiger partial charge is 0.332 e. The van der Waals surface area contributed by atoms with Crippen LogP contribution in [0, 0.1) is 5.92 Å². The van der Waals surface area contributed by atoms with E-state index in [1.807, 2.05) is 6.92 Å². The van der Waals surface area contributed by atoms with E-state index < -0.39 is 6.03 Å². The molecule has 0 saturated carbocycles. The maximum absolute atomic E-state index is 10.5. The molecule has 0 fully saturated rings. The average molecular weight is 195 g/mol. The number of rotatable bonds is 2. The second kappa shape index (κ2) is 4.79. The number of hydrogen-bond donors (Lipinski definition) is 2. The molecule has 0 bridgehead atoms. The molecule has 4 heteroatoms. The van der Waals surface area contributed by atoms with Crippen molar-refractivity contribution in [2.45, 2.75) is 33.1 Å². The van der Waals surface area contributed by atoms with Crippen molar-refractivity contribution in [2.75, 3.05) is 0 Å². The lowest BCUT2D eigenvalue weighted by Gasteiger charge is -2.21. The van der Waals surface area contributed by atoms with Gasteiger partial charge in [0, 0.05) is 11.6 Å². The molecule has 4 nitrogen and oxygen atoms in total. The number of hydrogen-bond acceptors (Lipinski definition) is 2. The van der Waals surface area contributed by atoms with Gasteiger partial charge in [0.15, 0.2) is 0 Å². The van der Waals surface area contributed by atoms with Gasteiger partial charge in [0.05, 0.1) is 0 Å². The Morgan fingerprint density at radius 2 is 2.43 bits per heavy atom. The van der Waals surface area contributed by atoms with Crippen molar-refractivity contribution in [2.24, 2.45) is 16.8 Å². The number of hydrazone groups is 1. The van der Waals surface area contributed by atoms with Crippen LogP contribution in [0.25, 0.3) is 0 Å². The summed E-state index contributed by atoms with van der Waals surface area (Å²) < 4.78 is 0. The van der Waals surface area contributed by atoms with Gasteiger partial charge in [-0.15, -0.1) is 0 Å². The zero-order valence-corrected chi connectivity index (χ0v) is 8.71. The highest BCUT2D eigenvalue weighted by Crippen LogP contribution is 2.25. The van der Waals surface area contributed by atoms with Crippen molar-refractivity contribution in [1.29, 1.82) is 0 Å². The number of allylic oxidation sites excluding steroid dienone is 2. The van der Waals surface area contributed by atoms with Gasteiger partial charge in [-0.2, -0.15) is 5.10 Å². The zero-order valence-electron chi connectivity index (χ0n) is 8.71. The van der Waals surface area contributed by atoms with Gasteiger partial charge in [-0.05, 0) is 33.1 Å². The molecule has 1 aliphatic carbocycles. The van der Waals surface area contributed by atoms with E-state index in [0.29, 0.717) is 5.92 Å². The van der Waals surface area contributed by atoms with Crippen LogP contribution in [0.2, 0.25) is 0 Å². The molecule has 1 aliphatic rings. The number of carbonyl (C=O) groups is 1. The topological polar surface area (TPSA) is 67.5 Å². The van der Waals surface area contributed by atoms with E-state index in [-0.39, 0.29) is 0 Å². The maximum Gasteiger partial charge on any atom is 0.332 e. The summed E-state index contributed by atoms with van der Waals surface area (Å²) in [5.74, 6) is 0.371. The summed E-state index contributed by atoms with van der Waals surface area (Å²) in [7, 11) is 0. The van der Waals surface area contributed by atoms with Crippen molar-refractivity contribution in [3.8, 4) is 0 Å². The summed E-state index contributed by atoms with van der Waals surface area (Å²) in [6.07, 6.45) is 5.68. The monoisotopic (exact) mass is 195 g/mol. The number of nitrogens with zero attached hydrogens (tertiary/aromatic N) is 1. The minimum absolute atomic E-state index is 0.371. The predicted octanol–water partition coefficient (Wildman–Crippen LogP) is 1.78. The van der Waals surface area contributed by atoms with Gasteiger partial charge >= 0.3 is 6.03 Å². The lowest BCUT2D eigenvalue weighted by Crippen LogP contribution is -2.27. The van der Waals surface area contributed by atoms with Gasteiger partial charge < -0.3 is 5.73 Å². The predicted molar refractivity (Wildman–Crippen MR) is 56.9 cm³/mol. The minimum Gasteiger partial charge on any atom is -0.350 e. The summed E-state index contributed by atoms with van der Waals surface area (Å²) in [5.41, 5.74) is 9.46. The van der Waals surface area contributed by atoms with Gasteiger partial charge in [0.2, 0.25) is 0 Å². The SMILES string of the molecule is CC1=CCCCC1C(C)=NNC(N)=O. The Labute approximate surface area is 84.2 Å². The lowest BCUT2D eigenvalue weighted by atomic mass is 9.86. The van der Waals surface area contributed by atoms with Crippen LogP contribution in [-0.2, 0) is 0 Å². The molecule has 0 aromatic heterocycles. The Bertz CT molecular complexity index is 281. The van der Waals surface area contributed by atoms with Crippen LogP contribution in [0.4, 0.5) is 4.79 Å². The zero-order chi connectivity index (χ0) is 10.6. The molecule has 1 atom stereocenters. The van der Waals surface area contributed by atoms with E-state index in [9.17, 15) is 4.79 Å². The largest absolute Gasteiger partial charge is 0.350 e. The number of nitrogens with two attached hydrogens (primary N) is 1. The second-order valence-corrected chi connectivity index (χ2v) is 3.66. The summed E-state index contributed by atoms with van der Waals surface area (Å²) in [6, 6.07) is -0.609. The summed E-state index contributed by atoms with van der Waals surface area (Å²) in [4.78, 5) is 10.5. The van der Waals surface area contributed by atoms with Crippen molar-refractivity contribution >= 4 is 11.7 Å². The Morgan fingerprint density at radius 1 is 1.71 bits per heavy atom. The van der Waals surface area contributed by atoms with Gasteiger partial charge in [-0.25, -0.2) is 10.2 Å². The van der Waals surface area contributed by atoms with E-state index in [1.165, 1.54) is 12.0 Å². The fourth-order valence-corrected chi connectivity index (χ4v) is 1.78. The van der Waals surface area contributed by atoms with Crippen LogP contribution in [-0.4, -0.2) is 11.7 Å². The maximum atomic E-state index is 10.5. The third-order valence-corrected chi connectivity index (χ3v) is 2.56. The fourth-order valence-electron chi connectivity index (χ4n) is 1.78. The van der Waals surface area contributed by atoms with Gasteiger partial charge in [0.25, 0.3) is 0 Å². The summed E-state index contributed by atoms with van der Waals surface area (Å²) in [5, 5.41) is 3.95. The molecule has 3 N–H and O–H groups in total. The number of nitrogens with one attached hydrogen (secondary N) is 1. The Hall–Kier alpha value is -1.32. The first kappa shape index (κ1) is 10.8. The highest BCUT2D eigenvalue weighted by Gasteiger charge is 2.17. The Morgan fingerprint density at radius 3 is 3.00 bits per heavy atom. The van der Waals surface area contributed by atoms with Crippen LogP contribution in [0.5, 0.6) is 0 Å². The number of urea groups is 1. The van der Waals surface area contributed by atoms with E-state index in [0.717, 1.165) is 18.6 Å². The third kappa shape index (κ3) is 2.87. The molecule has 0 radical (unpaired) electrons. The third-order valence-electron chi connectivity index (χ3n) is 2.56. The van der Waals surface area contributed by atoms with Crippen molar-refractivity contribution in [3.63, 3.8) is 0 Å². The summed E-state index contributed by atoms with van der Waals surface area (Å²) in [6.45, 7) is 4.02. The van der Waals surface area contributed by atoms with Crippen LogP contribution in [0.15, 0.2) is 16.8 Å². The van der Waals surface area contributed by atoms with Crippen LogP contribution in [0.1, 0.15) is 33.1 Å². The average Bonchev–Trinajstić information content (AvgIpc) is 2.15. The van der Waals surface area contributed by atoms with Crippen LogP contribution in [0.3, 0.4) is 0 Å². The normalized spacial score (nSPS) is 22.9. The molecular weight excluding hydrogens is 178 g/mol. The van der Waals surface area contributed by atoms with Gasteiger partial charge in [0.1, 0.15) is 0 Å². The van der Waals surface area contributed by atoms with Gasteiger partial charge in [-0.3, -0.25) is 0 Å². The van der Waals surface area contributed by atoms with Crippen LogP contribution >= 0.6 is 0 Å². The molecule has 0 heterocycles. The fraction of sp³-hybridized carbons (Fsp3) is 0.600. The van der Waals surface area contributed by atoms with Crippen LogP contribution < -0.4 is 11.2 Å². The molecule has 0 aromatic rings. The first-order valence-corrected chi connectivity index (χ1v) is 4.87. The molecule has 78 valence electrons. The highest BCUT2D eigenvalue weighted by atomic mass is 16.2. The first-order valence-electron chi connectivity index (χ1n) is 4.87. The standard InChI is InChI=1S/C10H17N3O/c1-7-5-3-4-6-9(7)8(2)12-13-10(11)14/h5,9H,3-4,6H2,1-2H3,(H3,11,13,14). The summed E-state index contributed by atoms with van der Waals surface area (Å²) >= 11 is 0. The quantitative estimate of drug-likeness (QED) is 0.393. The number of primary amides is 1. The molecule has 0 aromatic carbocycles. The second-order valence-electron chi connectivity index (χ2n) is 3.66. The molecule has 2 amide bonds. The lowest BCUT2D eigenvalue weighted by molar-refractivity contribution is 0.249. The van der Waals surface area contributed by atoms with E-state index in [2.05, 4.69) is 23.5 Å². The molecule has 14 heavy (non-hydrogen) atoms.